The lowest BCUT2D eigenvalue weighted by Gasteiger charge is -2.19. The third-order valence-corrected chi connectivity index (χ3v) is 4.21. The van der Waals surface area contributed by atoms with Crippen molar-refractivity contribution in [1.29, 1.82) is 0 Å². The molecule has 3 N–H and O–H groups in total. The van der Waals surface area contributed by atoms with Crippen LogP contribution in [0, 0.1) is 6.92 Å². The van der Waals surface area contributed by atoms with Crippen molar-refractivity contribution in [3.05, 3.63) is 53.1 Å². The van der Waals surface area contributed by atoms with Crippen LogP contribution in [0.25, 0.3) is 0 Å². The van der Waals surface area contributed by atoms with Crippen LogP contribution >= 0.6 is 0 Å². The highest BCUT2D eigenvalue weighted by molar-refractivity contribution is 5.96. The Kier molecular flexibility index (Phi) is 6.65. The van der Waals surface area contributed by atoms with E-state index in [2.05, 4.69) is 16.0 Å². The summed E-state index contributed by atoms with van der Waals surface area (Å²) in [7, 11) is 4.74. The average molecular weight is 371 g/mol. The molecule has 0 aromatic heterocycles. The van der Waals surface area contributed by atoms with Gasteiger partial charge in [-0.05, 0) is 55.8 Å². The maximum atomic E-state index is 12.4. The molecule has 0 saturated carbocycles. The first-order chi connectivity index (χ1) is 12.9. The largest absolute Gasteiger partial charge is 0.497 e. The summed E-state index contributed by atoms with van der Waals surface area (Å²) < 4.78 is 10.6. The van der Waals surface area contributed by atoms with Crippen LogP contribution in [-0.4, -0.2) is 33.2 Å². The molecule has 2 aromatic rings. The zero-order chi connectivity index (χ0) is 20.0. The van der Waals surface area contributed by atoms with Crippen LogP contribution in [0.15, 0.2) is 36.4 Å². The predicted molar refractivity (Wildman–Crippen MR) is 105 cm³/mol. The van der Waals surface area contributed by atoms with Gasteiger partial charge in [0.15, 0.2) is 0 Å². The molecule has 7 nitrogen and oxygen atoms in total. The molecule has 1 atom stereocenters. The molecule has 2 aromatic carbocycles. The van der Waals surface area contributed by atoms with Crippen molar-refractivity contribution in [2.45, 2.75) is 19.9 Å². The molecule has 2 rings (SSSR count). The SMILES string of the molecule is CNC(=O)c1ccc(NC(=O)NC(C)c2cc(OC)ccc2OC)c(C)c1. The minimum atomic E-state index is -0.358. The van der Waals surface area contributed by atoms with E-state index in [4.69, 9.17) is 9.47 Å². The van der Waals surface area contributed by atoms with Crippen LogP contribution in [0.3, 0.4) is 0 Å². The van der Waals surface area contributed by atoms with Crippen molar-refractivity contribution in [2.24, 2.45) is 0 Å². The number of hydrogen-bond acceptors (Lipinski definition) is 4. The van der Waals surface area contributed by atoms with Crippen LogP contribution in [0.1, 0.15) is 34.5 Å². The van der Waals surface area contributed by atoms with Gasteiger partial charge in [0.2, 0.25) is 0 Å². The van der Waals surface area contributed by atoms with Gasteiger partial charge in [-0.3, -0.25) is 4.79 Å². The Morgan fingerprint density at radius 3 is 2.37 bits per heavy atom. The summed E-state index contributed by atoms with van der Waals surface area (Å²) in [4.78, 5) is 24.1. The van der Waals surface area contributed by atoms with E-state index in [1.165, 1.54) is 0 Å². The Morgan fingerprint density at radius 1 is 1.04 bits per heavy atom. The standard InChI is InChI=1S/C20H25N3O4/c1-12-10-14(19(24)21-3)6-8-17(12)23-20(25)22-13(2)16-11-15(26-4)7-9-18(16)27-5/h6-11,13H,1-5H3,(H,21,24)(H2,22,23,25). The number of ether oxygens (including phenoxy) is 2. The fourth-order valence-corrected chi connectivity index (χ4v) is 2.70. The second-order valence-corrected chi connectivity index (χ2v) is 6.04. The van der Waals surface area contributed by atoms with Crippen molar-refractivity contribution in [1.82, 2.24) is 10.6 Å². The summed E-state index contributed by atoms with van der Waals surface area (Å²) in [5.41, 5.74) is 2.76. The number of rotatable bonds is 6. The fraction of sp³-hybridized carbons (Fsp3) is 0.300. The Labute approximate surface area is 159 Å². The van der Waals surface area contributed by atoms with Crippen LogP contribution in [0.4, 0.5) is 10.5 Å². The topological polar surface area (TPSA) is 88.7 Å². The Bertz CT molecular complexity index is 836. The highest BCUT2D eigenvalue weighted by Crippen LogP contribution is 2.29. The summed E-state index contributed by atoms with van der Waals surface area (Å²) >= 11 is 0. The van der Waals surface area contributed by atoms with Crippen LogP contribution < -0.4 is 25.4 Å². The number of benzene rings is 2. The fourth-order valence-electron chi connectivity index (χ4n) is 2.70. The first-order valence-corrected chi connectivity index (χ1v) is 8.51. The average Bonchev–Trinajstić information content (AvgIpc) is 2.68. The van der Waals surface area contributed by atoms with Gasteiger partial charge in [-0.25, -0.2) is 4.79 Å². The molecule has 7 heteroatoms. The number of urea groups is 1. The molecular weight excluding hydrogens is 346 g/mol. The highest BCUT2D eigenvalue weighted by Gasteiger charge is 2.16. The molecule has 0 fully saturated rings. The molecule has 0 spiro atoms. The first-order valence-electron chi connectivity index (χ1n) is 8.51. The summed E-state index contributed by atoms with van der Waals surface area (Å²) in [5.74, 6) is 1.17. The third kappa shape index (κ3) is 4.91. The molecule has 27 heavy (non-hydrogen) atoms. The van der Waals surface area contributed by atoms with Crippen molar-refractivity contribution in [3.63, 3.8) is 0 Å². The van der Waals surface area contributed by atoms with Crippen molar-refractivity contribution >= 4 is 17.6 Å². The van der Waals surface area contributed by atoms with E-state index in [-0.39, 0.29) is 18.0 Å². The minimum Gasteiger partial charge on any atom is -0.497 e. The number of carbonyl (C=O) groups excluding carboxylic acids is 2. The summed E-state index contributed by atoms with van der Waals surface area (Å²) in [6.07, 6.45) is 0. The summed E-state index contributed by atoms with van der Waals surface area (Å²) in [5, 5.41) is 8.26. The van der Waals surface area contributed by atoms with E-state index < -0.39 is 0 Å². The molecule has 3 amide bonds. The quantitative estimate of drug-likeness (QED) is 0.727. The van der Waals surface area contributed by atoms with E-state index in [1.54, 1.807) is 51.6 Å². The zero-order valence-electron chi connectivity index (χ0n) is 16.2. The number of carbonyl (C=O) groups is 2. The van der Waals surface area contributed by atoms with Crippen LogP contribution in [0.2, 0.25) is 0 Å². The lowest BCUT2D eigenvalue weighted by Crippen LogP contribution is -2.31. The molecule has 144 valence electrons. The second-order valence-electron chi connectivity index (χ2n) is 6.04. The third-order valence-electron chi connectivity index (χ3n) is 4.21. The molecule has 0 aliphatic carbocycles. The Balaban J connectivity index is 2.10. The molecule has 0 radical (unpaired) electrons. The summed E-state index contributed by atoms with van der Waals surface area (Å²) in [6, 6.07) is 9.85. The molecular formula is C20H25N3O4. The number of anilines is 1. The number of nitrogens with one attached hydrogen (secondary N) is 3. The lowest BCUT2D eigenvalue weighted by atomic mass is 10.1. The van der Waals surface area contributed by atoms with E-state index in [0.717, 1.165) is 11.1 Å². The molecule has 0 aliphatic heterocycles. The molecule has 0 aliphatic rings. The van der Waals surface area contributed by atoms with Gasteiger partial charge in [0.1, 0.15) is 11.5 Å². The molecule has 1 unspecified atom stereocenters. The minimum absolute atomic E-state index is 0.173. The molecule has 0 heterocycles. The smallest absolute Gasteiger partial charge is 0.319 e. The number of aryl methyl sites for hydroxylation is 1. The van der Waals surface area contributed by atoms with E-state index in [1.807, 2.05) is 19.9 Å². The van der Waals surface area contributed by atoms with Gasteiger partial charge >= 0.3 is 6.03 Å². The maximum Gasteiger partial charge on any atom is 0.319 e. The molecule has 0 bridgehead atoms. The zero-order valence-corrected chi connectivity index (χ0v) is 16.2. The van der Waals surface area contributed by atoms with Crippen LogP contribution in [-0.2, 0) is 0 Å². The van der Waals surface area contributed by atoms with E-state index >= 15 is 0 Å². The van der Waals surface area contributed by atoms with Crippen molar-refractivity contribution < 1.29 is 19.1 Å². The summed E-state index contributed by atoms with van der Waals surface area (Å²) in [6.45, 7) is 3.69. The number of hydrogen-bond donors (Lipinski definition) is 3. The predicted octanol–water partition coefficient (Wildman–Crippen LogP) is 3.25. The number of methoxy groups -OCH3 is 2. The number of amides is 3. The van der Waals surface area contributed by atoms with Gasteiger partial charge in [0.05, 0.1) is 20.3 Å². The van der Waals surface area contributed by atoms with Gasteiger partial charge < -0.3 is 25.4 Å². The van der Waals surface area contributed by atoms with E-state index in [0.29, 0.717) is 22.7 Å². The van der Waals surface area contributed by atoms with Crippen LogP contribution in [0.5, 0.6) is 11.5 Å². The first kappa shape index (κ1) is 20.1. The Morgan fingerprint density at radius 2 is 1.78 bits per heavy atom. The van der Waals surface area contributed by atoms with Crippen molar-refractivity contribution in [2.75, 3.05) is 26.6 Å². The lowest BCUT2D eigenvalue weighted by molar-refractivity contribution is 0.0963. The Hall–Kier alpha value is -3.22. The van der Waals surface area contributed by atoms with Gasteiger partial charge in [-0.15, -0.1) is 0 Å². The second kappa shape index (κ2) is 8.93. The van der Waals surface area contributed by atoms with Gasteiger partial charge in [0.25, 0.3) is 5.91 Å². The van der Waals surface area contributed by atoms with E-state index in [9.17, 15) is 9.59 Å². The van der Waals surface area contributed by atoms with Gasteiger partial charge in [-0.1, -0.05) is 0 Å². The van der Waals surface area contributed by atoms with Gasteiger partial charge in [-0.2, -0.15) is 0 Å². The normalized spacial score (nSPS) is 11.3. The van der Waals surface area contributed by atoms with Gasteiger partial charge in [0, 0.05) is 23.9 Å². The molecule has 0 saturated heterocycles. The van der Waals surface area contributed by atoms with Crippen molar-refractivity contribution in [3.8, 4) is 11.5 Å². The highest BCUT2D eigenvalue weighted by atomic mass is 16.5. The monoisotopic (exact) mass is 371 g/mol. The maximum absolute atomic E-state index is 12.4.